The zero-order valence-corrected chi connectivity index (χ0v) is 11.5. The van der Waals surface area contributed by atoms with Crippen molar-refractivity contribution in [1.29, 1.82) is 0 Å². The van der Waals surface area contributed by atoms with E-state index in [0.29, 0.717) is 0 Å². The van der Waals surface area contributed by atoms with Crippen LogP contribution in [0.2, 0.25) is 0 Å². The first kappa shape index (κ1) is 13.2. The Morgan fingerprint density at radius 3 is 1.81 bits per heavy atom. The third kappa shape index (κ3) is 3.20. The van der Waals surface area contributed by atoms with Gasteiger partial charge in [-0.1, -0.05) is 60.7 Å². The molecule has 3 nitrogen and oxygen atoms in total. The van der Waals surface area contributed by atoms with E-state index >= 15 is 0 Å². The van der Waals surface area contributed by atoms with Gasteiger partial charge in [-0.15, -0.1) is 0 Å². The molecule has 0 saturated carbocycles. The molecule has 0 aliphatic heterocycles. The topological polar surface area (TPSA) is 45.1 Å². The molecule has 0 radical (unpaired) electrons. The van der Waals surface area contributed by atoms with Crippen LogP contribution in [0.1, 0.15) is 17.2 Å². The number of aromatic nitrogens is 1. The summed E-state index contributed by atoms with van der Waals surface area (Å²) in [5, 5.41) is 12.8. The molecule has 0 spiro atoms. The fraction of sp³-hybridized carbons (Fsp3) is 0.0556. The number of nitrogens with zero attached hydrogens (tertiary/aromatic N) is 1. The maximum Gasteiger partial charge on any atom is 0.134 e. The smallest absolute Gasteiger partial charge is 0.134 e. The first-order valence-electron chi connectivity index (χ1n) is 6.84. The molecule has 0 aliphatic carbocycles. The van der Waals surface area contributed by atoms with Crippen molar-refractivity contribution in [3.63, 3.8) is 0 Å². The van der Waals surface area contributed by atoms with Gasteiger partial charge in [-0.25, -0.2) is 4.98 Å². The number of pyridine rings is 1. The molecule has 3 rings (SSSR count). The van der Waals surface area contributed by atoms with Gasteiger partial charge >= 0.3 is 0 Å². The summed E-state index contributed by atoms with van der Waals surface area (Å²) < 4.78 is 0. The summed E-state index contributed by atoms with van der Waals surface area (Å²) >= 11 is 0. The number of hydrogen-bond acceptors (Lipinski definition) is 3. The zero-order valence-electron chi connectivity index (χ0n) is 11.5. The lowest BCUT2D eigenvalue weighted by atomic mass is 9.99. The maximum atomic E-state index is 9.33. The summed E-state index contributed by atoms with van der Waals surface area (Å²) in [4.78, 5) is 4.21. The normalized spacial score (nSPS) is 10.5. The van der Waals surface area contributed by atoms with Gasteiger partial charge in [0.25, 0.3) is 0 Å². The van der Waals surface area contributed by atoms with Crippen molar-refractivity contribution in [2.75, 3.05) is 5.32 Å². The lowest BCUT2D eigenvalue weighted by molar-refractivity contribution is 0.473. The van der Waals surface area contributed by atoms with Gasteiger partial charge < -0.3 is 10.4 Å². The molecule has 3 aromatic rings. The predicted octanol–water partition coefficient (Wildman–Crippen LogP) is 3.99. The summed E-state index contributed by atoms with van der Waals surface area (Å²) in [5.74, 6) is 0.891. The maximum absolute atomic E-state index is 9.33. The van der Waals surface area contributed by atoms with Crippen LogP contribution in [-0.2, 0) is 0 Å². The first-order chi connectivity index (χ1) is 10.3. The van der Waals surface area contributed by atoms with E-state index in [4.69, 9.17) is 0 Å². The third-order valence-electron chi connectivity index (χ3n) is 3.31. The second kappa shape index (κ2) is 6.09. The van der Waals surface area contributed by atoms with Gasteiger partial charge in [-0.2, -0.15) is 0 Å². The Morgan fingerprint density at radius 2 is 1.33 bits per heavy atom. The molecule has 1 aromatic heterocycles. The number of aromatic hydroxyl groups is 1. The lowest BCUT2D eigenvalue weighted by Crippen LogP contribution is -2.13. The van der Waals surface area contributed by atoms with Crippen molar-refractivity contribution >= 4 is 5.82 Å². The SMILES string of the molecule is Oc1ccc(NC(c2ccccc2)c2ccccc2)nc1. The Kier molecular flexibility index (Phi) is 3.83. The van der Waals surface area contributed by atoms with Gasteiger partial charge in [0.2, 0.25) is 0 Å². The number of nitrogens with one attached hydrogen (secondary N) is 1. The second-order valence-corrected chi connectivity index (χ2v) is 4.80. The van der Waals surface area contributed by atoms with Gasteiger partial charge in [0.1, 0.15) is 11.6 Å². The molecule has 1 heterocycles. The van der Waals surface area contributed by atoms with E-state index in [1.54, 1.807) is 12.1 Å². The molecule has 0 unspecified atom stereocenters. The summed E-state index contributed by atoms with van der Waals surface area (Å²) in [6.07, 6.45) is 1.44. The first-order valence-corrected chi connectivity index (χ1v) is 6.84. The Morgan fingerprint density at radius 1 is 0.762 bits per heavy atom. The molecule has 104 valence electrons. The standard InChI is InChI=1S/C18H16N2O/c21-16-11-12-17(19-13-16)20-18(14-7-3-1-4-8-14)15-9-5-2-6-10-15/h1-13,18,21H,(H,19,20). The van der Waals surface area contributed by atoms with Crippen molar-refractivity contribution in [2.24, 2.45) is 0 Å². The highest BCUT2D eigenvalue weighted by molar-refractivity contribution is 5.45. The summed E-state index contributed by atoms with van der Waals surface area (Å²) in [5.41, 5.74) is 2.33. The molecule has 21 heavy (non-hydrogen) atoms. The van der Waals surface area contributed by atoms with E-state index in [-0.39, 0.29) is 11.8 Å². The quantitative estimate of drug-likeness (QED) is 0.757. The van der Waals surface area contributed by atoms with E-state index < -0.39 is 0 Å². The van der Waals surface area contributed by atoms with Crippen molar-refractivity contribution in [2.45, 2.75) is 6.04 Å². The number of anilines is 1. The Labute approximate surface area is 123 Å². The van der Waals surface area contributed by atoms with Crippen LogP contribution in [0.4, 0.5) is 5.82 Å². The Balaban J connectivity index is 1.95. The van der Waals surface area contributed by atoms with Crippen LogP contribution in [-0.4, -0.2) is 10.1 Å². The largest absolute Gasteiger partial charge is 0.506 e. The van der Waals surface area contributed by atoms with Gasteiger partial charge in [-0.05, 0) is 23.3 Å². The molecule has 2 N–H and O–H groups in total. The molecule has 0 atom stereocenters. The summed E-state index contributed by atoms with van der Waals surface area (Å²) in [6.45, 7) is 0. The molecule has 2 aromatic carbocycles. The average molecular weight is 276 g/mol. The van der Waals surface area contributed by atoms with E-state index in [1.807, 2.05) is 36.4 Å². The van der Waals surface area contributed by atoms with Crippen LogP contribution < -0.4 is 5.32 Å². The minimum Gasteiger partial charge on any atom is -0.506 e. The second-order valence-electron chi connectivity index (χ2n) is 4.80. The highest BCUT2D eigenvalue weighted by atomic mass is 16.3. The van der Waals surface area contributed by atoms with Gasteiger partial charge in [0.15, 0.2) is 0 Å². The Hall–Kier alpha value is -2.81. The number of hydrogen-bond donors (Lipinski definition) is 2. The average Bonchev–Trinajstić information content (AvgIpc) is 2.56. The monoisotopic (exact) mass is 276 g/mol. The van der Waals surface area contributed by atoms with E-state index in [0.717, 1.165) is 5.82 Å². The predicted molar refractivity (Wildman–Crippen MR) is 84.3 cm³/mol. The molecule has 0 saturated heterocycles. The van der Waals surface area contributed by atoms with Gasteiger partial charge in [0.05, 0.1) is 12.2 Å². The Bertz CT molecular complexity index is 642. The minimum atomic E-state index is 0.0180. The fourth-order valence-electron chi connectivity index (χ4n) is 2.27. The van der Waals surface area contributed by atoms with Crippen molar-refractivity contribution < 1.29 is 5.11 Å². The molecule has 0 bridgehead atoms. The molecule has 0 fully saturated rings. The molecular formula is C18H16N2O. The minimum absolute atomic E-state index is 0.0180. The third-order valence-corrected chi connectivity index (χ3v) is 3.31. The fourth-order valence-corrected chi connectivity index (χ4v) is 2.27. The molecule has 3 heteroatoms. The summed E-state index contributed by atoms with van der Waals surface area (Å²) in [7, 11) is 0. The van der Waals surface area contributed by atoms with Crippen molar-refractivity contribution in [1.82, 2.24) is 4.98 Å². The molecular weight excluding hydrogens is 260 g/mol. The number of benzene rings is 2. The van der Waals surface area contributed by atoms with Crippen molar-refractivity contribution in [3.8, 4) is 5.75 Å². The molecule has 0 amide bonds. The number of rotatable bonds is 4. The zero-order chi connectivity index (χ0) is 14.5. The van der Waals surface area contributed by atoms with Crippen LogP contribution in [0, 0.1) is 0 Å². The summed E-state index contributed by atoms with van der Waals surface area (Å²) in [6, 6.07) is 23.9. The van der Waals surface area contributed by atoms with E-state index in [2.05, 4.69) is 34.6 Å². The highest BCUT2D eigenvalue weighted by Crippen LogP contribution is 2.26. The van der Waals surface area contributed by atoms with Gasteiger partial charge in [-0.3, -0.25) is 0 Å². The van der Waals surface area contributed by atoms with E-state index in [9.17, 15) is 5.11 Å². The van der Waals surface area contributed by atoms with Crippen LogP contribution in [0.25, 0.3) is 0 Å². The van der Waals surface area contributed by atoms with Crippen LogP contribution in [0.3, 0.4) is 0 Å². The van der Waals surface area contributed by atoms with Crippen LogP contribution in [0.15, 0.2) is 79.0 Å². The highest BCUT2D eigenvalue weighted by Gasteiger charge is 2.13. The lowest BCUT2D eigenvalue weighted by Gasteiger charge is -2.20. The van der Waals surface area contributed by atoms with Crippen molar-refractivity contribution in [3.05, 3.63) is 90.1 Å². The van der Waals surface area contributed by atoms with Gasteiger partial charge in [0, 0.05) is 0 Å². The van der Waals surface area contributed by atoms with Crippen LogP contribution >= 0.6 is 0 Å². The van der Waals surface area contributed by atoms with E-state index in [1.165, 1.54) is 17.3 Å². The van der Waals surface area contributed by atoms with Crippen LogP contribution in [0.5, 0.6) is 5.75 Å². The molecule has 0 aliphatic rings.